The number of rotatable bonds is 7. The topological polar surface area (TPSA) is 166 Å². The summed E-state index contributed by atoms with van der Waals surface area (Å²) in [4.78, 5) is 58.3. The number of piperidine rings is 1. The third kappa shape index (κ3) is 5.02. The number of carbonyl (C=O) groups excluding carboxylic acids is 3. The van der Waals surface area contributed by atoms with Gasteiger partial charge < -0.3 is 31.1 Å². The number of thioether (sulfide) groups is 2. The number of aromatic hydroxyl groups is 1. The molecular weight excluding hydrogens is 529 g/mol. The Morgan fingerprint density at radius 1 is 1.16 bits per heavy atom. The van der Waals surface area contributed by atoms with E-state index >= 15 is 0 Å². The summed E-state index contributed by atoms with van der Waals surface area (Å²) in [6.45, 7) is 0.254. The Bertz CT molecular complexity index is 1220. The first-order valence-corrected chi connectivity index (χ1v) is 12.9. The summed E-state index contributed by atoms with van der Waals surface area (Å²) >= 11 is 2.41. The summed E-state index contributed by atoms with van der Waals surface area (Å²) < 4.78 is -1.10. The number of amides is 4. The van der Waals surface area contributed by atoms with Gasteiger partial charge in [-0.1, -0.05) is 0 Å². The molecule has 0 saturated carbocycles. The molecule has 190 valence electrons. The number of phenols is 1. The van der Waals surface area contributed by atoms with Gasteiger partial charge in [-0.3, -0.25) is 14.6 Å². The number of urea groups is 1. The number of nitrogens with one attached hydrogen (secondary N) is 1. The number of nitrogens with two attached hydrogens (primary N) is 1. The zero-order chi connectivity index (χ0) is 25.6. The molecule has 0 aliphatic carbocycles. The van der Waals surface area contributed by atoms with Crippen molar-refractivity contribution < 1.29 is 29.4 Å². The number of carboxylic acid groups (broad SMARTS) is 1. The first-order chi connectivity index (χ1) is 17.2. The van der Waals surface area contributed by atoms with Gasteiger partial charge in [0.05, 0.1) is 15.9 Å². The fourth-order valence-corrected chi connectivity index (χ4v) is 8.36. The Morgan fingerprint density at radius 2 is 1.84 bits per heavy atom. The maximum absolute atomic E-state index is 13.3. The van der Waals surface area contributed by atoms with E-state index in [0.717, 1.165) is 16.7 Å². The van der Waals surface area contributed by atoms with Crippen LogP contribution in [0.5, 0.6) is 5.75 Å². The number of aliphatic carboxylic acids is 1. The molecule has 5 atom stereocenters. The number of hydrogen-bond donors (Lipinski definition) is 4. The number of primary amides is 1. The Balaban J connectivity index is 0.00000320. The van der Waals surface area contributed by atoms with Gasteiger partial charge in [0, 0.05) is 35.4 Å². The quantitative estimate of drug-likeness (QED) is 0.167. The van der Waals surface area contributed by atoms with Crippen LogP contribution in [-0.4, -0.2) is 113 Å². The summed E-state index contributed by atoms with van der Waals surface area (Å²) in [5, 5.41) is 22.5. The van der Waals surface area contributed by atoms with Crippen molar-refractivity contribution in [3.05, 3.63) is 48.8 Å². The van der Waals surface area contributed by atoms with Crippen molar-refractivity contribution in [1.29, 1.82) is 0 Å². The fraction of sp³-hybridized carbons (Fsp3) is 0.348. The van der Waals surface area contributed by atoms with Crippen LogP contribution in [0, 0.1) is 5.92 Å². The van der Waals surface area contributed by atoms with E-state index in [0.29, 0.717) is 12.1 Å². The molecule has 5 rings (SSSR count). The molecule has 3 aliphatic rings. The molecule has 0 bridgehead atoms. The van der Waals surface area contributed by atoms with E-state index in [1.54, 1.807) is 36.7 Å². The van der Waals surface area contributed by atoms with Crippen molar-refractivity contribution in [2.45, 2.75) is 33.5 Å². The van der Waals surface area contributed by atoms with Gasteiger partial charge in [0.2, 0.25) is 11.8 Å². The van der Waals surface area contributed by atoms with Crippen molar-refractivity contribution in [2.75, 3.05) is 17.6 Å². The number of benzene rings is 1. The van der Waals surface area contributed by atoms with Crippen LogP contribution in [0.1, 0.15) is 6.42 Å². The minimum absolute atomic E-state index is 0. The van der Waals surface area contributed by atoms with Crippen molar-refractivity contribution >= 4 is 82.6 Å². The predicted octanol–water partition coefficient (Wildman–Crippen LogP) is 0.746. The Labute approximate surface area is 242 Å². The van der Waals surface area contributed by atoms with E-state index in [-0.39, 0.29) is 53.5 Å². The molecule has 5 N–H and O–H groups in total. The van der Waals surface area contributed by atoms with Crippen LogP contribution < -0.4 is 11.1 Å². The number of anilines is 1. The van der Waals surface area contributed by atoms with Gasteiger partial charge >= 0.3 is 41.6 Å². The zero-order valence-electron chi connectivity index (χ0n) is 18.8. The first kappa shape index (κ1) is 27.6. The van der Waals surface area contributed by atoms with Crippen molar-refractivity contribution in [1.82, 2.24) is 14.8 Å². The summed E-state index contributed by atoms with van der Waals surface area (Å²) in [6.07, 6.45) is 3.53. The molecule has 4 amide bonds. The summed E-state index contributed by atoms with van der Waals surface area (Å²) in [6, 6.07) is 6.59. The van der Waals surface area contributed by atoms with Gasteiger partial charge in [-0.05, 0) is 42.8 Å². The fourth-order valence-electron chi connectivity index (χ4n) is 5.29. The number of carbonyl (C=O) groups is 4. The molecule has 3 fully saturated rings. The average Bonchev–Trinajstić information content (AvgIpc) is 3.20. The number of hydrogen-bond acceptors (Lipinski definition) is 8. The normalized spacial score (nSPS) is 27.5. The van der Waals surface area contributed by atoms with E-state index in [1.807, 2.05) is 0 Å². The minimum atomic E-state index is -1.22. The molecule has 3 aliphatic heterocycles. The van der Waals surface area contributed by atoms with Crippen molar-refractivity contribution in [2.24, 2.45) is 11.7 Å². The number of nitrogens with zero attached hydrogens (tertiary/aromatic N) is 3. The van der Waals surface area contributed by atoms with Gasteiger partial charge in [-0.2, -0.15) is 0 Å². The van der Waals surface area contributed by atoms with Gasteiger partial charge in [-0.15, -0.1) is 23.5 Å². The molecule has 3 saturated heterocycles. The third-order valence-corrected chi connectivity index (χ3v) is 9.81. The number of β-lactam (4-membered cyclic amide) rings is 1. The van der Waals surface area contributed by atoms with Gasteiger partial charge in [0.15, 0.2) is 6.04 Å². The van der Waals surface area contributed by atoms with E-state index in [4.69, 9.17) is 5.73 Å². The standard InChI is InChI=1S/C23H23N5O6S2.Na.H/c24-16(30)11-35-23(36-15-5-7-25-8-6-15)9-12-10-27(22(34)26-13-1-3-14(29)4-2-13)18-17(12)28(20(18)31)19(23)21(32)33;;/h1-8,12,17-19,29H,9-11H2,(H2,24,30)(H,26,34)(H,32,33);;/t12-,17-,18+,19?,23?;;/m1../s1. The van der Waals surface area contributed by atoms with Gasteiger partial charge in [0.25, 0.3) is 0 Å². The molecule has 37 heavy (non-hydrogen) atoms. The molecular formula is C23H24N5NaO6S2. The second-order valence-corrected chi connectivity index (χ2v) is 11.8. The molecule has 0 spiro atoms. The van der Waals surface area contributed by atoms with Crippen LogP contribution in [0.15, 0.2) is 53.7 Å². The van der Waals surface area contributed by atoms with Crippen molar-refractivity contribution in [3.63, 3.8) is 0 Å². The van der Waals surface area contributed by atoms with Crippen LogP contribution in [0.2, 0.25) is 0 Å². The zero-order valence-corrected chi connectivity index (χ0v) is 20.4. The molecule has 14 heteroatoms. The molecule has 1 aromatic heterocycles. The number of likely N-dealkylation sites (tertiary alicyclic amines) is 1. The van der Waals surface area contributed by atoms with E-state index in [2.05, 4.69) is 10.3 Å². The van der Waals surface area contributed by atoms with E-state index in [1.165, 1.54) is 33.7 Å². The maximum atomic E-state index is 13.3. The summed E-state index contributed by atoms with van der Waals surface area (Å²) in [5.74, 6) is -2.45. The molecule has 1 aromatic carbocycles. The van der Waals surface area contributed by atoms with Crippen LogP contribution in [-0.2, 0) is 14.4 Å². The molecule has 11 nitrogen and oxygen atoms in total. The number of pyridine rings is 1. The van der Waals surface area contributed by atoms with Crippen LogP contribution in [0.25, 0.3) is 0 Å². The molecule has 2 unspecified atom stereocenters. The predicted molar refractivity (Wildman–Crippen MR) is 139 cm³/mol. The van der Waals surface area contributed by atoms with Crippen LogP contribution in [0.3, 0.4) is 0 Å². The Morgan fingerprint density at radius 3 is 2.46 bits per heavy atom. The third-order valence-electron chi connectivity index (χ3n) is 6.66. The Hall–Kier alpha value is -2.45. The van der Waals surface area contributed by atoms with E-state index < -0.39 is 46.0 Å². The second kappa shape index (κ2) is 10.7. The van der Waals surface area contributed by atoms with Gasteiger partial charge in [-0.25, -0.2) is 9.59 Å². The van der Waals surface area contributed by atoms with Crippen molar-refractivity contribution in [3.8, 4) is 5.75 Å². The number of phenolic OH excluding ortho intramolecular Hbond substituents is 1. The molecule has 2 aromatic rings. The SMILES string of the molecule is NC(=O)CSC1(Sc2ccncc2)C[C@@H]2CN(C(=O)Nc3ccc(O)cc3)[C@@H]3C(=O)N(C1C(=O)O)[C@H]23.[NaH]. The monoisotopic (exact) mass is 553 g/mol. The molecule has 4 heterocycles. The number of carboxylic acids is 1. The van der Waals surface area contributed by atoms with Crippen LogP contribution >= 0.6 is 23.5 Å². The van der Waals surface area contributed by atoms with Crippen LogP contribution in [0.4, 0.5) is 10.5 Å². The number of aromatic nitrogens is 1. The first-order valence-electron chi connectivity index (χ1n) is 11.1. The molecule has 0 radical (unpaired) electrons. The summed E-state index contributed by atoms with van der Waals surface area (Å²) in [5.41, 5.74) is 5.88. The Kier molecular flexibility index (Phi) is 8.00. The second-order valence-electron chi connectivity index (χ2n) is 8.87. The van der Waals surface area contributed by atoms with E-state index in [9.17, 15) is 29.4 Å². The van der Waals surface area contributed by atoms with Gasteiger partial charge in [0.1, 0.15) is 11.8 Å². The summed E-state index contributed by atoms with van der Waals surface area (Å²) in [7, 11) is 0. The average molecular weight is 554 g/mol.